The summed E-state index contributed by atoms with van der Waals surface area (Å²) in [6, 6.07) is 5.99. The molecule has 1 saturated carbocycles. The molecule has 2 aromatic rings. The zero-order chi connectivity index (χ0) is 40.0. The third-order valence-electron chi connectivity index (χ3n) is 9.50. The van der Waals surface area contributed by atoms with Crippen molar-refractivity contribution in [1.82, 2.24) is 26.1 Å². The fraction of sp³-hybridized carbons (Fsp3) is 0.568. The average molecular weight is 817 g/mol. The topological polar surface area (TPSA) is 156 Å². The second kappa shape index (κ2) is 17.9. The SMILES string of the molecule is CC(=O)O[C@H](C)c1ccc2ccc(/C=C/C3(C(=O)N[C@H](C(=O)N[C@@H](C)C(=O)N4CCC[C@@H](C(=O)OCC(Cl)(Cl)Cl)N4)C(C)C)CCC(F)(F)CC3)cc2n1. The summed E-state index contributed by atoms with van der Waals surface area (Å²) in [7, 11) is 0. The lowest BCUT2D eigenvalue weighted by atomic mass is 9.71. The zero-order valence-electron chi connectivity index (χ0n) is 30.7. The van der Waals surface area contributed by atoms with E-state index < -0.39 is 94.4 Å². The maximum atomic E-state index is 14.4. The van der Waals surface area contributed by atoms with Gasteiger partial charge in [-0.1, -0.05) is 79.0 Å². The number of fused-ring (bicyclic) bond motifs is 1. The van der Waals surface area contributed by atoms with Crippen LogP contribution in [0, 0.1) is 11.3 Å². The highest BCUT2D eigenvalue weighted by Gasteiger charge is 2.47. The van der Waals surface area contributed by atoms with Gasteiger partial charge in [0.05, 0.1) is 16.6 Å². The van der Waals surface area contributed by atoms with Crippen LogP contribution in [-0.4, -0.2) is 80.6 Å². The van der Waals surface area contributed by atoms with E-state index >= 15 is 0 Å². The summed E-state index contributed by atoms with van der Waals surface area (Å²) in [5, 5.41) is 7.48. The molecule has 2 aliphatic rings. The molecule has 4 rings (SSSR count). The highest BCUT2D eigenvalue weighted by atomic mass is 35.6. The van der Waals surface area contributed by atoms with Gasteiger partial charge in [0.2, 0.25) is 21.5 Å². The molecule has 296 valence electrons. The third kappa shape index (κ3) is 11.7. The number of aromatic nitrogens is 1. The Morgan fingerprint density at radius 3 is 2.33 bits per heavy atom. The van der Waals surface area contributed by atoms with Crippen molar-refractivity contribution in [3.63, 3.8) is 0 Å². The summed E-state index contributed by atoms with van der Waals surface area (Å²) >= 11 is 17.0. The van der Waals surface area contributed by atoms with Crippen molar-refractivity contribution in [2.45, 2.75) is 107 Å². The number of halogens is 5. The van der Waals surface area contributed by atoms with Crippen molar-refractivity contribution < 1.29 is 42.2 Å². The monoisotopic (exact) mass is 815 g/mol. The van der Waals surface area contributed by atoms with Gasteiger partial charge >= 0.3 is 11.9 Å². The van der Waals surface area contributed by atoms with Gasteiger partial charge in [0.15, 0.2) is 0 Å². The van der Waals surface area contributed by atoms with Gasteiger partial charge in [0, 0.05) is 31.7 Å². The first-order chi connectivity index (χ1) is 25.2. The lowest BCUT2D eigenvalue weighted by Gasteiger charge is -2.38. The van der Waals surface area contributed by atoms with Crippen molar-refractivity contribution in [3.05, 3.63) is 47.7 Å². The molecule has 2 heterocycles. The molecule has 1 saturated heterocycles. The molecule has 4 atom stereocenters. The number of alkyl halides is 5. The second-order valence-corrected chi connectivity index (χ2v) is 16.8. The number of hydrogen-bond acceptors (Lipinski definition) is 9. The molecule has 1 aliphatic heterocycles. The van der Waals surface area contributed by atoms with Gasteiger partial charge in [-0.2, -0.15) is 0 Å². The van der Waals surface area contributed by atoms with E-state index in [4.69, 9.17) is 44.3 Å². The van der Waals surface area contributed by atoms with Crippen LogP contribution >= 0.6 is 34.8 Å². The number of hydrazine groups is 1. The molecule has 3 amide bonds. The maximum absolute atomic E-state index is 14.4. The van der Waals surface area contributed by atoms with Crippen LogP contribution in [0.15, 0.2) is 36.4 Å². The number of carbonyl (C=O) groups excluding carboxylic acids is 5. The standard InChI is InChI=1S/C37H46Cl3F2N5O7/c1-21(2)30(31(49)43-22(3)32(50)47-18-6-7-28(46-47)33(51)53-20-37(38,39)40)45-34(52)35(14-16-36(41,42)17-15-35)13-12-25-8-9-26-10-11-27(44-29(26)19-25)23(4)54-24(5)48/h8-13,19,21-23,28,30,46H,6-7,14-18,20H2,1-5H3,(H,43,49)(H,45,52)/b13-12+/t22-,23+,28-,30-/m0/s1. The van der Waals surface area contributed by atoms with E-state index in [2.05, 4.69) is 21.0 Å². The first-order valence-electron chi connectivity index (χ1n) is 17.8. The van der Waals surface area contributed by atoms with Crippen LogP contribution in [-0.2, 0) is 33.4 Å². The number of pyridine rings is 1. The Morgan fingerprint density at radius 2 is 1.70 bits per heavy atom. The first-order valence-corrected chi connectivity index (χ1v) is 18.9. The van der Waals surface area contributed by atoms with E-state index in [0.717, 1.165) is 5.39 Å². The van der Waals surface area contributed by atoms with Crippen molar-refractivity contribution in [3.8, 4) is 0 Å². The Kier molecular flexibility index (Phi) is 14.3. The summed E-state index contributed by atoms with van der Waals surface area (Å²) in [6.45, 7) is 7.70. The number of benzene rings is 1. The molecular weight excluding hydrogens is 771 g/mol. The van der Waals surface area contributed by atoms with Gasteiger partial charge in [0.1, 0.15) is 30.8 Å². The van der Waals surface area contributed by atoms with Crippen molar-refractivity contribution in [2.75, 3.05) is 13.2 Å². The van der Waals surface area contributed by atoms with Crippen LogP contribution < -0.4 is 16.1 Å². The molecule has 17 heteroatoms. The Balaban J connectivity index is 1.48. The number of rotatable bonds is 12. The molecule has 1 aromatic heterocycles. The number of ether oxygens (including phenoxy) is 2. The van der Waals surface area contributed by atoms with E-state index in [9.17, 15) is 32.8 Å². The second-order valence-electron chi connectivity index (χ2n) is 14.2. The Labute approximate surface area is 328 Å². The number of hydrogen-bond donors (Lipinski definition) is 3. The van der Waals surface area contributed by atoms with E-state index in [1.54, 1.807) is 45.1 Å². The number of nitrogens with zero attached hydrogens (tertiary/aromatic N) is 2. The van der Waals surface area contributed by atoms with E-state index in [1.165, 1.54) is 18.9 Å². The fourth-order valence-corrected chi connectivity index (χ4v) is 6.53. The van der Waals surface area contributed by atoms with Gasteiger partial charge < -0.3 is 20.1 Å². The van der Waals surface area contributed by atoms with Gasteiger partial charge in [-0.25, -0.2) is 19.2 Å². The third-order valence-corrected chi connectivity index (χ3v) is 9.82. The molecule has 1 aromatic carbocycles. The quantitative estimate of drug-likeness (QED) is 0.170. The van der Waals surface area contributed by atoms with Gasteiger partial charge in [-0.05, 0) is 63.1 Å². The molecule has 1 aliphatic carbocycles. The van der Waals surface area contributed by atoms with E-state index in [-0.39, 0.29) is 19.4 Å². The number of amides is 3. The van der Waals surface area contributed by atoms with Crippen LogP contribution in [0.25, 0.3) is 17.0 Å². The molecule has 0 unspecified atom stereocenters. The highest BCUT2D eigenvalue weighted by Crippen LogP contribution is 2.45. The summed E-state index contributed by atoms with van der Waals surface area (Å²) in [5.41, 5.74) is 3.26. The van der Waals surface area contributed by atoms with Crippen LogP contribution in [0.4, 0.5) is 8.78 Å². The Hall–Kier alpha value is -3.59. The zero-order valence-corrected chi connectivity index (χ0v) is 33.0. The van der Waals surface area contributed by atoms with E-state index in [1.807, 2.05) is 18.2 Å². The lowest BCUT2D eigenvalue weighted by molar-refractivity contribution is -0.153. The minimum Gasteiger partial charge on any atom is -0.460 e. The summed E-state index contributed by atoms with van der Waals surface area (Å²) in [4.78, 5) is 69.6. The minimum atomic E-state index is -2.94. The number of nitrogens with one attached hydrogen (secondary N) is 3. The van der Waals surface area contributed by atoms with Crippen molar-refractivity contribution >= 4 is 81.4 Å². The minimum absolute atomic E-state index is 0.161. The predicted molar refractivity (Wildman–Crippen MR) is 200 cm³/mol. The molecular formula is C37H46Cl3F2N5O7. The van der Waals surface area contributed by atoms with Crippen LogP contribution in [0.5, 0.6) is 0 Å². The van der Waals surface area contributed by atoms with Crippen LogP contribution in [0.3, 0.4) is 0 Å². The highest BCUT2D eigenvalue weighted by molar-refractivity contribution is 6.67. The normalized spacial score (nSPS) is 20.2. The molecule has 12 nitrogen and oxygen atoms in total. The summed E-state index contributed by atoms with van der Waals surface area (Å²) < 4.78 is 37.4. The Bertz CT molecular complexity index is 1750. The summed E-state index contributed by atoms with van der Waals surface area (Å²) in [6.07, 6.45) is 2.19. The molecule has 3 N–H and O–H groups in total. The average Bonchev–Trinajstić information content (AvgIpc) is 3.11. The number of esters is 2. The molecule has 54 heavy (non-hydrogen) atoms. The molecule has 0 radical (unpaired) electrons. The van der Waals surface area contributed by atoms with Gasteiger partial charge in [-0.15, -0.1) is 0 Å². The molecule has 2 fully saturated rings. The Morgan fingerprint density at radius 1 is 1.04 bits per heavy atom. The van der Waals surface area contributed by atoms with Crippen molar-refractivity contribution in [1.29, 1.82) is 0 Å². The summed E-state index contributed by atoms with van der Waals surface area (Å²) in [5.74, 6) is -6.30. The van der Waals surface area contributed by atoms with E-state index in [0.29, 0.717) is 29.6 Å². The van der Waals surface area contributed by atoms with Crippen LogP contribution in [0.2, 0.25) is 0 Å². The van der Waals surface area contributed by atoms with Crippen LogP contribution in [0.1, 0.15) is 90.5 Å². The van der Waals surface area contributed by atoms with Gasteiger partial charge in [-0.3, -0.25) is 29.0 Å². The predicted octanol–water partition coefficient (Wildman–Crippen LogP) is 6.12. The van der Waals surface area contributed by atoms with Gasteiger partial charge in [0.25, 0.3) is 5.91 Å². The first kappa shape index (κ1) is 43.1. The molecule has 0 spiro atoms. The lowest BCUT2D eigenvalue weighted by Crippen LogP contribution is -2.61. The van der Waals surface area contributed by atoms with Crippen molar-refractivity contribution in [2.24, 2.45) is 11.3 Å². The maximum Gasteiger partial charge on any atom is 0.325 e. The largest absolute Gasteiger partial charge is 0.460 e. The number of carbonyl (C=O) groups is 5. The fourth-order valence-electron chi connectivity index (χ4n) is 6.36. The smallest absolute Gasteiger partial charge is 0.325 e. The molecule has 0 bridgehead atoms.